The van der Waals surface area contributed by atoms with Gasteiger partial charge in [-0.3, -0.25) is 4.79 Å². The lowest BCUT2D eigenvalue weighted by Gasteiger charge is -2.23. The summed E-state index contributed by atoms with van der Waals surface area (Å²) >= 11 is 0. The van der Waals surface area contributed by atoms with Crippen LogP contribution in [0.3, 0.4) is 0 Å². The third-order valence-corrected chi connectivity index (χ3v) is 6.76. The Kier molecular flexibility index (Phi) is 4.95. The summed E-state index contributed by atoms with van der Waals surface area (Å²) in [5.41, 5.74) is 3.74. The number of benzene rings is 3. The molecule has 30 heavy (non-hydrogen) atoms. The van der Waals surface area contributed by atoms with Gasteiger partial charge in [0.15, 0.2) is 0 Å². The van der Waals surface area contributed by atoms with Crippen molar-refractivity contribution in [3.8, 4) is 0 Å². The van der Waals surface area contributed by atoms with Crippen molar-refractivity contribution < 1.29 is 9.90 Å². The van der Waals surface area contributed by atoms with Gasteiger partial charge in [0, 0.05) is 30.9 Å². The molecular weight excluding hydrogens is 372 g/mol. The molecule has 1 saturated heterocycles. The molecule has 1 unspecified atom stereocenters. The van der Waals surface area contributed by atoms with Crippen LogP contribution in [0.25, 0.3) is 10.8 Å². The second-order valence-electron chi connectivity index (χ2n) is 8.77. The van der Waals surface area contributed by atoms with E-state index < -0.39 is 5.97 Å². The van der Waals surface area contributed by atoms with Gasteiger partial charge in [0.1, 0.15) is 0 Å². The van der Waals surface area contributed by atoms with E-state index in [1.165, 1.54) is 22.0 Å². The first-order valence-corrected chi connectivity index (χ1v) is 10.9. The topological polar surface area (TPSA) is 52.6 Å². The van der Waals surface area contributed by atoms with E-state index in [-0.39, 0.29) is 11.8 Å². The van der Waals surface area contributed by atoms with Crippen LogP contribution >= 0.6 is 0 Å². The SMILES string of the molecule is CC(N[C@H]1CCN(c2ccc([C@@H]3C[C@H]3C(=O)O)cc2)C1)c1cccc2ccccc12. The van der Waals surface area contributed by atoms with Crippen LogP contribution in [0.5, 0.6) is 0 Å². The standard InChI is InChI=1S/C26H28N2O2/c1-17(22-8-4-6-18-5-2-3-7-23(18)22)27-20-13-14-28(16-20)21-11-9-19(10-12-21)24-15-25(24)26(29)30/h2-12,17,20,24-25,27H,13-16H2,1H3,(H,29,30)/t17?,20-,24-,25+/m0/s1. The first kappa shape index (κ1) is 19.1. The first-order valence-electron chi connectivity index (χ1n) is 10.9. The number of carbonyl (C=O) groups is 1. The minimum Gasteiger partial charge on any atom is -0.481 e. The lowest BCUT2D eigenvalue weighted by molar-refractivity contribution is -0.138. The molecule has 3 aromatic carbocycles. The molecule has 1 saturated carbocycles. The number of carboxylic acids is 1. The number of nitrogens with one attached hydrogen (secondary N) is 1. The number of hydrogen-bond donors (Lipinski definition) is 2. The molecule has 0 amide bonds. The fraction of sp³-hybridized carbons (Fsp3) is 0.346. The van der Waals surface area contributed by atoms with Crippen molar-refractivity contribution in [2.45, 2.75) is 37.8 Å². The average molecular weight is 401 g/mol. The van der Waals surface area contributed by atoms with Gasteiger partial charge in [0.25, 0.3) is 0 Å². The first-order chi connectivity index (χ1) is 14.6. The number of aliphatic carboxylic acids is 1. The fourth-order valence-electron chi connectivity index (χ4n) is 4.97. The summed E-state index contributed by atoms with van der Waals surface area (Å²) in [6.45, 7) is 4.30. The summed E-state index contributed by atoms with van der Waals surface area (Å²) in [7, 11) is 0. The van der Waals surface area contributed by atoms with Crippen molar-refractivity contribution in [2.75, 3.05) is 18.0 Å². The Morgan fingerprint density at radius 2 is 1.83 bits per heavy atom. The Bertz CT molecular complexity index is 1060. The zero-order valence-electron chi connectivity index (χ0n) is 17.3. The summed E-state index contributed by atoms with van der Waals surface area (Å²) in [6, 6.07) is 24.4. The Morgan fingerprint density at radius 1 is 1.07 bits per heavy atom. The third kappa shape index (κ3) is 3.68. The van der Waals surface area contributed by atoms with E-state index in [1.54, 1.807) is 0 Å². The molecular formula is C26H28N2O2. The van der Waals surface area contributed by atoms with Crippen molar-refractivity contribution in [1.29, 1.82) is 0 Å². The largest absolute Gasteiger partial charge is 0.481 e. The monoisotopic (exact) mass is 400 g/mol. The molecule has 1 aliphatic heterocycles. The Balaban J connectivity index is 1.22. The van der Waals surface area contributed by atoms with Crippen molar-refractivity contribution in [2.24, 2.45) is 5.92 Å². The molecule has 0 aromatic heterocycles. The molecule has 0 spiro atoms. The van der Waals surface area contributed by atoms with Crippen molar-refractivity contribution in [1.82, 2.24) is 5.32 Å². The van der Waals surface area contributed by atoms with Crippen molar-refractivity contribution >= 4 is 22.4 Å². The molecule has 5 rings (SSSR count). The number of fused-ring (bicyclic) bond motifs is 1. The van der Waals surface area contributed by atoms with Crippen LogP contribution < -0.4 is 10.2 Å². The maximum atomic E-state index is 11.1. The normalized spacial score (nSPS) is 24.2. The Hall–Kier alpha value is -2.85. The smallest absolute Gasteiger partial charge is 0.307 e. The molecule has 3 aromatic rings. The molecule has 0 bridgehead atoms. The van der Waals surface area contributed by atoms with Gasteiger partial charge in [0.2, 0.25) is 0 Å². The van der Waals surface area contributed by atoms with Crippen LogP contribution in [0.4, 0.5) is 5.69 Å². The zero-order chi connectivity index (χ0) is 20.7. The van der Waals surface area contributed by atoms with E-state index >= 15 is 0 Å². The van der Waals surface area contributed by atoms with Crippen LogP contribution in [-0.4, -0.2) is 30.2 Å². The molecule has 4 nitrogen and oxygen atoms in total. The van der Waals surface area contributed by atoms with Gasteiger partial charge in [-0.05, 0) is 59.7 Å². The molecule has 4 atom stereocenters. The van der Waals surface area contributed by atoms with Gasteiger partial charge in [0.05, 0.1) is 5.92 Å². The molecule has 154 valence electrons. The zero-order valence-corrected chi connectivity index (χ0v) is 17.3. The molecule has 4 heteroatoms. The minimum absolute atomic E-state index is 0.188. The van der Waals surface area contributed by atoms with E-state index in [0.29, 0.717) is 12.1 Å². The minimum atomic E-state index is -0.669. The summed E-state index contributed by atoms with van der Waals surface area (Å²) in [5, 5.41) is 15.6. The molecule has 0 radical (unpaired) electrons. The van der Waals surface area contributed by atoms with Crippen molar-refractivity contribution in [3.05, 3.63) is 77.9 Å². The molecule has 2 N–H and O–H groups in total. The van der Waals surface area contributed by atoms with Gasteiger partial charge in [-0.25, -0.2) is 0 Å². The van der Waals surface area contributed by atoms with Crippen LogP contribution in [-0.2, 0) is 4.79 Å². The molecule has 2 fully saturated rings. The van der Waals surface area contributed by atoms with E-state index in [0.717, 1.165) is 31.5 Å². The predicted molar refractivity (Wildman–Crippen MR) is 121 cm³/mol. The summed E-state index contributed by atoms with van der Waals surface area (Å²) in [5.74, 6) is -0.657. The lowest BCUT2D eigenvalue weighted by atomic mass is 9.99. The highest BCUT2D eigenvalue weighted by atomic mass is 16.4. The van der Waals surface area contributed by atoms with Crippen LogP contribution in [0.1, 0.15) is 42.9 Å². The predicted octanol–water partition coefficient (Wildman–Crippen LogP) is 4.96. The van der Waals surface area contributed by atoms with Gasteiger partial charge < -0.3 is 15.3 Å². The average Bonchev–Trinajstić information content (AvgIpc) is 3.45. The van der Waals surface area contributed by atoms with E-state index in [2.05, 4.69) is 83.9 Å². The summed E-state index contributed by atoms with van der Waals surface area (Å²) < 4.78 is 0. The van der Waals surface area contributed by atoms with Gasteiger partial charge in [-0.1, -0.05) is 54.6 Å². The maximum absolute atomic E-state index is 11.1. The second kappa shape index (κ2) is 7.77. The fourth-order valence-corrected chi connectivity index (χ4v) is 4.97. The number of rotatable bonds is 6. The van der Waals surface area contributed by atoms with E-state index in [1.807, 2.05) is 0 Å². The Morgan fingerprint density at radius 3 is 2.60 bits per heavy atom. The van der Waals surface area contributed by atoms with Crippen LogP contribution in [0, 0.1) is 5.92 Å². The number of anilines is 1. The highest BCUT2D eigenvalue weighted by Gasteiger charge is 2.44. The Labute approximate surface area is 177 Å². The number of nitrogens with zero attached hydrogens (tertiary/aromatic N) is 1. The number of carboxylic acid groups (broad SMARTS) is 1. The lowest BCUT2D eigenvalue weighted by Crippen LogP contribution is -2.34. The van der Waals surface area contributed by atoms with Crippen LogP contribution in [0.15, 0.2) is 66.7 Å². The van der Waals surface area contributed by atoms with Crippen LogP contribution in [0.2, 0.25) is 0 Å². The second-order valence-corrected chi connectivity index (χ2v) is 8.77. The maximum Gasteiger partial charge on any atom is 0.307 e. The highest BCUT2D eigenvalue weighted by Crippen LogP contribution is 2.47. The molecule has 1 heterocycles. The molecule has 2 aliphatic rings. The number of hydrogen-bond acceptors (Lipinski definition) is 3. The van der Waals surface area contributed by atoms with Crippen molar-refractivity contribution in [3.63, 3.8) is 0 Å². The van der Waals surface area contributed by atoms with E-state index in [9.17, 15) is 4.79 Å². The van der Waals surface area contributed by atoms with Gasteiger partial charge in [-0.2, -0.15) is 0 Å². The summed E-state index contributed by atoms with van der Waals surface area (Å²) in [6.07, 6.45) is 1.90. The van der Waals surface area contributed by atoms with E-state index in [4.69, 9.17) is 5.11 Å². The van der Waals surface area contributed by atoms with Gasteiger partial charge >= 0.3 is 5.97 Å². The summed E-state index contributed by atoms with van der Waals surface area (Å²) in [4.78, 5) is 13.5. The van der Waals surface area contributed by atoms with Gasteiger partial charge in [-0.15, -0.1) is 0 Å². The molecule has 1 aliphatic carbocycles. The quantitative estimate of drug-likeness (QED) is 0.614. The third-order valence-electron chi connectivity index (χ3n) is 6.76. The highest BCUT2D eigenvalue weighted by molar-refractivity contribution is 5.86.